The van der Waals surface area contributed by atoms with Gasteiger partial charge in [0, 0.05) is 17.2 Å². The van der Waals surface area contributed by atoms with Crippen LogP contribution in [0, 0.1) is 0 Å². The SMILES string of the molecule is COc1ccc(/C=N\OCc2cc(-c3ccccc3)on2)cc1OC. The summed E-state index contributed by atoms with van der Waals surface area (Å²) in [6, 6.07) is 17.1. The molecule has 6 heteroatoms. The van der Waals surface area contributed by atoms with Crippen LogP contribution < -0.4 is 9.47 Å². The molecule has 0 atom stereocenters. The molecule has 0 amide bonds. The molecule has 0 saturated heterocycles. The van der Waals surface area contributed by atoms with Gasteiger partial charge in [0.2, 0.25) is 0 Å². The van der Waals surface area contributed by atoms with Crippen LogP contribution in [-0.2, 0) is 11.4 Å². The summed E-state index contributed by atoms with van der Waals surface area (Å²) in [7, 11) is 3.18. The van der Waals surface area contributed by atoms with Crippen LogP contribution in [0.5, 0.6) is 11.5 Å². The second-order valence-electron chi connectivity index (χ2n) is 5.17. The van der Waals surface area contributed by atoms with Gasteiger partial charge in [0.25, 0.3) is 0 Å². The Morgan fingerprint density at radius 3 is 2.56 bits per heavy atom. The number of methoxy groups -OCH3 is 2. The Hall–Kier alpha value is -3.28. The number of nitrogens with zero attached hydrogens (tertiary/aromatic N) is 2. The Labute approximate surface area is 145 Å². The minimum absolute atomic E-state index is 0.222. The van der Waals surface area contributed by atoms with Crippen molar-refractivity contribution in [2.75, 3.05) is 14.2 Å². The first kappa shape index (κ1) is 16.6. The molecule has 0 aliphatic carbocycles. The largest absolute Gasteiger partial charge is 0.493 e. The van der Waals surface area contributed by atoms with Crippen molar-refractivity contribution < 1.29 is 18.8 Å². The molecule has 3 rings (SSSR count). The minimum Gasteiger partial charge on any atom is -0.493 e. The summed E-state index contributed by atoms with van der Waals surface area (Å²) in [5, 5.41) is 7.92. The van der Waals surface area contributed by atoms with E-state index >= 15 is 0 Å². The summed E-state index contributed by atoms with van der Waals surface area (Å²) in [6.07, 6.45) is 1.60. The van der Waals surface area contributed by atoms with Crippen LogP contribution in [-0.4, -0.2) is 25.6 Å². The van der Waals surface area contributed by atoms with E-state index in [-0.39, 0.29) is 6.61 Å². The van der Waals surface area contributed by atoms with Crippen molar-refractivity contribution in [3.63, 3.8) is 0 Å². The number of benzene rings is 2. The predicted molar refractivity (Wildman–Crippen MR) is 93.9 cm³/mol. The van der Waals surface area contributed by atoms with Crippen molar-refractivity contribution in [3.8, 4) is 22.8 Å². The first-order valence-corrected chi connectivity index (χ1v) is 7.68. The van der Waals surface area contributed by atoms with Gasteiger partial charge >= 0.3 is 0 Å². The summed E-state index contributed by atoms with van der Waals surface area (Å²) in [6.45, 7) is 0.222. The Kier molecular flexibility index (Phi) is 5.31. The molecule has 0 aliphatic heterocycles. The molecule has 3 aromatic rings. The van der Waals surface area contributed by atoms with E-state index in [1.165, 1.54) is 0 Å². The highest BCUT2D eigenvalue weighted by Gasteiger charge is 2.06. The van der Waals surface area contributed by atoms with Gasteiger partial charge in [-0.25, -0.2) is 0 Å². The molecule has 0 bridgehead atoms. The number of hydrogen-bond donors (Lipinski definition) is 0. The van der Waals surface area contributed by atoms with E-state index in [0.29, 0.717) is 23.0 Å². The van der Waals surface area contributed by atoms with Gasteiger partial charge in [0.1, 0.15) is 5.69 Å². The lowest BCUT2D eigenvalue weighted by Crippen LogP contribution is -1.92. The Balaban J connectivity index is 1.58. The molecule has 0 radical (unpaired) electrons. The lowest BCUT2D eigenvalue weighted by atomic mass is 10.2. The second-order valence-corrected chi connectivity index (χ2v) is 5.17. The lowest BCUT2D eigenvalue weighted by Gasteiger charge is -2.07. The molecule has 2 aromatic carbocycles. The summed E-state index contributed by atoms with van der Waals surface area (Å²) < 4.78 is 15.8. The van der Waals surface area contributed by atoms with E-state index in [1.807, 2.05) is 54.6 Å². The zero-order valence-electron chi connectivity index (χ0n) is 14.0. The van der Waals surface area contributed by atoms with Crippen molar-refractivity contribution in [2.24, 2.45) is 5.16 Å². The summed E-state index contributed by atoms with van der Waals surface area (Å²) in [5.41, 5.74) is 2.47. The van der Waals surface area contributed by atoms with Gasteiger partial charge < -0.3 is 18.8 Å². The first-order chi connectivity index (χ1) is 12.3. The number of aromatic nitrogens is 1. The van der Waals surface area contributed by atoms with E-state index in [2.05, 4.69) is 10.3 Å². The average molecular weight is 338 g/mol. The van der Waals surface area contributed by atoms with Crippen molar-refractivity contribution in [1.82, 2.24) is 5.16 Å². The van der Waals surface area contributed by atoms with Crippen LogP contribution >= 0.6 is 0 Å². The van der Waals surface area contributed by atoms with Gasteiger partial charge in [-0.05, 0) is 18.2 Å². The second kappa shape index (κ2) is 8.01. The first-order valence-electron chi connectivity index (χ1n) is 7.68. The molecule has 0 spiro atoms. The maximum absolute atomic E-state index is 5.31. The van der Waals surface area contributed by atoms with E-state index in [0.717, 1.165) is 11.1 Å². The van der Waals surface area contributed by atoms with Crippen LogP contribution in [0.25, 0.3) is 11.3 Å². The Bertz CT molecular complexity index is 844. The third-order valence-corrected chi connectivity index (χ3v) is 3.51. The number of hydrogen-bond acceptors (Lipinski definition) is 6. The summed E-state index contributed by atoms with van der Waals surface area (Å²) in [5.74, 6) is 2.00. The maximum Gasteiger partial charge on any atom is 0.167 e. The zero-order chi connectivity index (χ0) is 17.5. The maximum atomic E-state index is 5.31. The number of rotatable bonds is 7. The molecular formula is C19H18N2O4. The third kappa shape index (κ3) is 4.17. The van der Waals surface area contributed by atoms with Gasteiger partial charge in [-0.1, -0.05) is 40.6 Å². The Morgan fingerprint density at radius 1 is 1.00 bits per heavy atom. The Morgan fingerprint density at radius 2 is 1.80 bits per heavy atom. The molecule has 25 heavy (non-hydrogen) atoms. The van der Waals surface area contributed by atoms with Crippen LogP contribution in [0.3, 0.4) is 0 Å². The van der Waals surface area contributed by atoms with Crippen molar-refractivity contribution in [2.45, 2.75) is 6.61 Å². The van der Waals surface area contributed by atoms with Crippen LogP contribution in [0.2, 0.25) is 0 Å². The predicted octanol–water partition coefficient (Wildman–Crippen LogP) is 3.91. The van der Waals surface area contributed by atoms with Gasteiger partial charge in [-0.3, -0.25) is 0 Å². The molecule has 1 heterocycles. The molecule has 6 nitrogen and oxygen atoms in total. The number of oxime groups is 1. The van der Waals surface area contributed by atoms with Gasteiger partial charge in [-0.2, -0.15) is 0 Å². The molecular weight excluding hydrogens is 320 g/mol. The molecule has 0 N–H and O–H groups in total. The minimum atomic E-state index is 0.222. The van der Waals surface area contributed by atoms with Crippen molar-refractivity contribution in [3.05, 3.63) is 65.9 Å². The van der Waals surface area contributed by atoms with E-state index in [9.17, 15) is 0 Å². The van der Waals surface area contributed by atoms with E-state index in [1.54, 1.807) is 20.4 Å². The van der Waals surface area contributed by atoms with Gasteiger partial charge in [0.05, 0.1) is 20.4 Å². The smallest absolute Gasteiger partial charge is 0.167 e. The zero-order valence-corrected chi connectivity index (χ0v) is 14.0. The van der Waals surface area contributed by atoms with Crippen molar-refractivity contribution in [1.29, 1.82) is 0 Å². The third-order valence-electron chi connectivity index (χ3n) is 3.51. The topological polar surface area (TPSA) is 66.1 Å². The highest BCUT2D eigenvalue weighted by molar-refractivity contribution is 5.80. The standard InChI is InChI=1S/C19H18N2O4/c1-22-17-9-8-14(10-19(17)23-2)12-20-24-13-16-11-18(25-21-16)15-6-4-3-5-7-15/h3-12H,13H2,1-2H3/b20-12-. The fraction of sp³-hybridized carbons (Fsp3) is 0.158. The molecule has 0 unspecified atom stereocenters. The fourth-order valence-electron chi connectivity index (χ4n) is 2.25. The van der Waals surface area contributed by atoms with Gasteiger partial charge in [-0.15, -0.1) is 0 Å². The molecule has 0 aliphatic rings. The monoisotopic (exact) mass is 338 g/mol. The summed E-state index contributed by atoms with van der Waals surface area (Å²) in [4.78, 5) is 5.28. The fourth-order valence-corrected chi connectivity index (χ4v) is 2.25. The molecule has 1 aromatic heterocycles. The van der Waals surface area contributed by atoms with Gasteiger partial charge in [0.15, 0.2) is 23.9 Å². The highest BCUT2D eigenvalue weighted by Crippen LogP contribution is 2.27. The molecule has 0 saturated carbocycles. The van der Waals surface area contributed by atoms with Crippen molar-refractivity contribution >= 4 is 6.21 Å². The molecule has 0 fully saturated rings. The van der Waals surface area contributed by atoms with E-state index < -0.39 is 0 Å². The lowest BCUT2D eigenvalue weighted by molar-refractivity contribution is 0.126. The van der Waals surface area contributed by atoms with Crippen LogP contribution in [0.15, 0.2) is 64.3 Å². The normalized spacial score (nSPS) is 10.8. The van der Waals surface area contributed by atoms with E-state index in [4.69, 9.17) is 18.8 Å². The quantitative estimate of drug-likeness (QED) is 0.483. The van der Waals surface area contributed by atoms with Crippen LogP contribution in [0.4, 0.5) is 0 Å². The number of ether oxygens (including phenoxy) is 2. The average Bonchev–Trinajstić information content (AvgIpc) is 3.14. The van der Waals surface area contributed by atoms with Crippen LogP contribution in [0.1, 0.15) is 11.3 Å². The molecule has 128 valence electrons. The summed E-state index contributed by atoms with van der Waals surface area (Å²) >= 11 is 0. The highest BCUT2D eigenvalue weighted by atomic mass is 16.6.